The van der Waals surface area contributed by atoms with E-state index in [0.717, 1.165) is 0 Å². The van der Waals surface area contributed by atoms with Crippen LogP contribution in [0, 0.1) is 5.92 Å². The third-order valence-corrected chi connectivity index (χ3v) is 3.05. The van der Waals surface area contributed by atoms with Crippen LogP contribution in [0.25, 0.3) is 0 Å². The Hall–Kier alpha value is -1.52. The number of aliphatic carboxylic acids is 1. The lowest BCUT2D eigenvalue weighted by Gasteiger charge is -2.28. The van der Waals surface area contributed by atoms with E-state index >= 15 is 0 Å². The number of nitrogens with zero attached hydrogens (tertiary/aromatic N) is 2. The quantitative estimate of drug-likeness (QED) is 0.731. The largest absolute Gasteiger partial charge is 0.481 e. The van der Waals surface area contributed by atoms with Crippen molar-refractivity contribution in [2.45, 2.75) is 19.4 Å². The number of rotatable bonds is 3. The Balaban J connectivity index is 2.66. The summed E-state index contributed by atoms with van der Waals surface area (Å²) in [6, 6.07) is -0.367. The molecule has 0 radical (unpaired) electrons. The molecule has 16 heavy (non-hydrogen) atoms. The molecule has 1 aliphatic rings. The molecule has 90 valence electrons. The van der Waals surface area contributed by atoms with Crippen molar-refractivity contribution in [2.24, 2.45) is 5.92 Å². The number of likely N-dealkylation sites (N-methyl/N-ethyl adjacent to an activating group) is 1. The molecule has 0 spiro atoms. The van der Waals surface area contributed by atoms with Gasteiger partial charge in [0.25, 0.3) is 0 Å². The highest BCUT2D eigenvalue weighted by Gasteiger charge is 2.38. The summed E-state index contributed by atoms with van der Waals surface area (Å²) in [6.45, 7) is 6.33. The minimum absolute atomic E-state index is 0.129. The number of amides is 2. The Bertz CT molecular complexity index is 304. The van der Waals surface area contributed by atoms with Crippen LogP contribution < -0.4 is 0 Å². The van der Waals surface area contributed by atoms with Crippen LogP contribution in [0.4, 0.5) is 4.79 Å². The van der Waals surface area contributed by atoms with Crippen molar-refractivity contribution < 1.29 is 14.7 Å². The summed E-state index contributed by atoms with van der Waals surface area (Å²) in [4.78, 5) is 26.0. The molecule has 2 amide bonds. The van der Waals surface area contributed by atoms with E-state index in [1.54, 1.807) is 24.9 Å². The summed E-state index contributed by atoms with van der Waals surface area (Å²) < 4.78 is 0. The molecule has 1 N–H and O–H groups in total. The SMILES string of the molecule is C=CCN(C)C(=O)N1CCC(C(=O)O)C1C. The highest BCUT2D eigenvalue weighted by atomic mass is 16.4. The van der Waals surface area contributed by atoms with Gasteiger partial charge in [0, 0.05) is 26.2 Å². The van der Waals surface area contributed by atoms with Crippen molar-refractivity contribution in [1.29, 1.82) is 0 Å². The highest BCUT2D eigenvalue weighted by Crippen LogP contribution is 2.25. The van der Waals surface area contributed by atoms with E-state index in [4.69, 9.17) is 5.11 Å². The van der Waals surface area contributed by atoms with Crippen LogP contribution in [0.1, 0.15) is 13.3 Å². The molecule has 1 aliphatic heterocycles. The average Bonchev–Trinajstić information content (AvgIpc) is 2.59. The minimum Gasteiger partial charge on any atom is -0.481 e. The summed E-state index contributed by atoms with van der Waals surface area (Å²) in [5.74, 6) is -1.27. The van der Waals surface area contributed by atoms with E-state index in [1.165, 1.54) is 4.90 Å². The Kier molecular flexibility index (Phi) is 3.93. The first-order chi connectivity index (χ1) is 7.49. The Morgan fingerprint density at radius 1 is 1.62 bits per heavy atom. The van der Waals surface area contributed by atoms with Gasteiger partial charge in [-0.15, -0.1) is 6.58 Å². The molecule has 5 heteroatoms. The highest BCUT2D eigenvalue weighted by molar-refractivity contribution is 5.78. The summed E-state index contributed by atoms with van der Waals surface area (Å²) in [6.07, 6.45) is 2.18. The summed E-state index contributed by atoms with van der Waals surface area (Å²) in [5, 5.41) is 8.96. The van der Waals surface area contributed by atoms with E-state index in [9.17, 15) is 9.59 Å². The molecule has 0 bridgehead atoms. The summed E-state index contributed by atoms with van der Waals surface area (Å²) in [5.41, 5.74) is 0. The molecule has 5 nitrogen and oxygen atoms in total. The van der Waals surface area contributed by atoms with Crippen LogP contribution in [0.2, 0.25) is 0 Å². The van der Waals surface area contributed by atoms with Gasteiger partial charge in [-0.2, -0.15) is 0 Å². The second kappa shape index (κ2) is 5.01. The lowest BCUT2D eigenvalue weighted by Crippen LogP contribution is -2.44. The summed E-state index contributed by atoms with van der Waals surface area (Å²) >= 11 is 0. The Labute approximate surface area is 95.3 Å². The Morgan fingerprint density at radius 3 is 2.69 bits per heavy atom. The van der Waals surface area contributed by atoms with Crippen molar-refractivity contribution >= 4 is 12.0 Å². The number of carbonyl (C=O) groups is 2. The predicted octanol–water partition coefficient (Wildman–Crippen LogP) is 1.02. The second-order valence-corrected chi connectivity index (χ2v) is 4.12. The van der Waals surface area contributed by atoms with Crippen LogP contribution in [-0.2, 0) is 4.79 Å². The molecule has 1 saturated heterocycles. The Morgan fingerprint density at radius 2 is 2.25 bits per heavy atom. The normalized spacial score (nSPS) is 24.2. The molecule has 0 aromatic carbocycles. The second-order valence-electron chi connectivity index (χ2n) is 4.12. The van der Waals surface area contributed by atoms with Gasteiger partial charge in [-0.25, -0.2) is 4.79 Å². The molecule has 0 saturated carbocycles. The minimum atomic E-state index is -0.825. The lowest BCUT2D eigenvalue weighted by molar-refractivity contribution is -0.142. The summed E-state index contributed by atoms with van der Waals surface area (Å²) in [7, 11) is 1.69. The number of hydrogen-bond acceptors (Lipinski definition) is 2. The van der Waals surface area contributed by atoms with E-state index < -0.39 is 11.9 Å². The van der Waals surface area contributed by atoms with E-state index in [-0.39, 0.29) is 12.1 Å². The van der Waals surface area contributed by atoms with Gasteiger partial charge in [-0.05, 0) is 13.3 Å². The zero-order valence-electron chi connectivity index (χ0n) is 9.72. The predicted molar refractivity (Wildman–Crippen MR) is 60.1 cm³/mol. The number of likely N-dealkylation sites (tertiary alicyclic amines) is 1. The van der Waals surface area contributed by atoms with Gasteiger partial charge < -0.3 is 14.9 Å². The fourth-order valence-electron chi connectivity index (χ4n) is 2.03. The molecule has 2 atom stereocenters. The van der Waals surface area contributed by atoms with E-state index in [0.29, 0.717) is 19.5 Å². The molecule has 2 unspecified atom stereocenters. The third kappa shape index (κ3) is 2.35. The van der Waals surface area contributed by atoms with Gasteiger partial charge in [0.05, 0.1) is 5.92 Å². The van der Waals surface area contributed by atoms with Crippen molar-refractivity contribution in [3.63, 3.8) is 0 Å². The smallest absolute Gasteiger partial charge is 0.320 e. The third-order valence-electron chi connectivity index (χ3n) is 3.05. The van der Waals surface area contributed by atoms with Crippen LogP contribution in [0.5, 0.6) is 0 Å². The maximum absolute atomic E-state index is 11.9. The number of carboxylic acid groups (broad SMARTS) is 1. The van der Waals surface area contributed by atoms with Crippen LogP contribution in [-0.4, -0.2) is 53.1 Å². The topological polar surface area (TPSA) is 60.9 Å². The van der Waals surface area contributed by atoms with Crippen LogP contribution in [0.15, 0.2) is 12.7 Å². The maximum atomic E-state index is 11.9. The number of carboxylic acids is 1. The van der Waals surface area contributed by atoms with Gasteiger partial charge >= 0.3 is 12.0 Å². The zero-order valence-corrected chi connectivity index (χ0v) is 9.72. The van der Waals surface area contributed by atoms with Crippen molar-refractivity contribution in [3.05, 3.63) is 12.7 Å². The van der Waals surface area contributed by atoms with Gasteiger partial charge in [0.2, 0.25) is 0 Å². The van der Waals surface area contributed by atoms with Gasteiger partial charge in [-0.3, -0.25) is 4.79 Å². The molecular weight excluding hydrogens is 208 g/mol. The first kappa shape index (κ1) is 12.5. The number of hydrogen-bond donors (Lipinski definition) is 1. The molecule has 1 fully saturated rings. The lowest BCUT2D eigenvalue weighted by atomic mass is 10.0. The monoisotopic (exact) mass is 226 g/mol. The molecule has 0 aromatic rings. The molecule has 1 heterocycles. The van der Waals surface area contributed by atoms with E-state index in [1.807, 2.05) is 0 Å². The van der Waals surface area contributed by atoms with E-state index in [2.05, 4.69) is 6.58 Å². The molecule has 0 aromatic heterocycles. The van der Waals surface area contributed by atoms with Gasteiger partial charge in [0.1, 0.15) is 0 Å². The van der Waals surface area contributed by atoms with Crippen molar-refractivity contribution in [1.82, 2.24) is 9.80 Å². The molecule has 1 rings (SSSR count). The van der Waals surface area contributed by atoms with Gasteiger partial charge in [0.15, 0.2) is 0 Å². The first-order valence-corrected chi connectivity index (χ1v) is 5.34. The standard InChI is InChI=1S/C11H18N2O3/c1-4-6-12(3)11(16)13-7-5-9(8(13)2)10(14)15/h4,8-9H,1,5-7H2,2-3H3,(H,14,15). The number of carbonyl (C=O) groups excluding carboxylic acids is 1. The molecular formula is C11H18N2O3. The van der Waals surface area contributed by atoms with Crippen LogP contribution in [0.3, 0.4) is 0 Å². The van der Waals surface area contributed by atoms with Crippen LogP contribution >= 0.6 is 0 Å². The average molecular weight is 226 g/mol. The molecule has 0 aliphatic carbocycles. The zero-order chi connectivity index (χ0) is 12.3. The number of urea groups is 1. The van der Waals surface area contributed by atoms with Crippen molar-refractivity contribution in [3.8, 4) is 0 Å². The van der Waals surface area contributed by atoms with Gasteiger partial charge in [-0.1, -0.05) is 6.08 Å². The maximum Gasteiger partial charge on any atom is 0.320 e. The first-order valence-electron chi connectivity index (χ1n) is 5.34. The fourth-order valence-corrected chi connectivity index (χ4v) is 2.03. The van der Waals surface area contributed by atoms with Crippen molar-refractivity contribution in [2.75, 3.05) is 20.1 Å². The fraction of sp³-hybridized carbons (Fsp3) is 0.636.